The monoisotopic (exact) mass is 698 g/mol. The van der Waals surface area contributed by atoms with E-state index in [1.54, 1.807) is 0 Å². The zero-order chi connectivity index (χ0) is 35.7. The number of nitrogens with zero attached hydrogens (tertiary/aromatic N) is 1. The summed E-state index contributed by atoms with van der Waals surface area (Å²) in [4.78, 5) is 25.8. The van der Waals surface area contributed by atoms with Gasteiger partial charge in [0.15, 0.2) is 0 Å². The van der Waals surface area contributed by atoms with Crippen LogP contribution in [0.5, 0.6) is 0 Å². The van der Waals surface area contributed by atoms with E-state index in [1.165, 1.54) is 161 Å². The second-order valence-electron chi connectivity index (χ2n) is 14.8. The number of hydrogen-bond donors (Lipinski definition) is 1. The topological polar surface area (TPSA) is 68.2 Å². The predicted octanol–water partition coefficient (Wildman–Crippen LogP) is 12.7. The molecule has 0 aliphatic carbocycles. The molecule has 0 heterocycles. The minimum atomic E-state index is 0.0238. The Kier molecular flexibility index (Phi) is 41.1. The van der Waals surface area contributed by atoms with Crippen LogP contribution in [-0.4, -0.2) is 61.5 Å². The number of aliphatic hydroxyl groups excluding tert-OH is 1. The summed E-state index contributed by atoms with van der Waals surface area (Å²) in [6.45, 7) is 11.4. The van der Waals surface area contributed by atoms with Gasteiger partial charge in [0, 0.05) is 13.0 Å². The van der Waals surface area contributed by atoms with Crippen LogP contribution < -0.4 is 0 Å². The summed E-state index contributed by atoms with van der Waals surface area (Å²) in [6.07, 6.45) is 38.8. The largest absolute Gasteiger partial charge is 0.462 e. The molecule has 0 aliphatic heterocycles. The molecule has 294 valence electrons. The summed E-state index contributed by atoms with van der Waals surface area (Å²) < 4.78 is 6.02. The molecule has 0 atom stereocenters. The molecule has 0 rings (SSSR count). The average molecular weight is 698 g/mol. The predicted molar refractivity (Wildman–Crippen MR) is 210 cm³/mol. The Morgan fingerprint density at radius 1 is 0.469 bits per heavy atom. The summed E-state index contributed by atoms with van der Waals surface area (Å²) in [6, 6.07) is 0. The molecule has 0 spiro atoms. The van der Waals surface area contributed by atoms with Crippen molar-refractivity contribution in [3.05, 3.63) is 0 Å². The van der Waals surface area contributed by atoms with Crippen molar-refractivity contribution in [2.24, 2.45) is 0 Å². The van der Waals surface area contributed by atoms with Crippen molar-refractivity contribution < 1.29 is 24.4 Å². The van der Waals surface area contributed by atoms with Crippen molar-refractivity contribution in [1.82, 2.24) is 4.90 Å². The van der Waals surface area contributed by atoms with Gasteiger partial charge in [0.2, 0.25) is 0 Å². The highest BCUT2D eigenvalue weighted by Gasteiger charge is 2.14. The van der Waals surface area contributed by atoms with E-state index in [1.807, 2.05) is 0 Å². The van der Waals surface area contributed by atoms with Crippen LogP contribution in [0.1, 0.15) is 226 Å². The van der Waals surface area contributed by atoms with Crippen molar-refractivity contribution in [2.45, 2.75) is 232 Å². The first-order valence-corrected chi connectivity index (χ1v) is 21.9. The number of hydrogen-bond acceptors (Lipinski definition) is 6. The second kappa shape index (κ2) is 41.7. The molecule has 0 fully saturated rings. The van der Waals surface area contributed by atoms with Gasteiger partial charge < -0.3 is 14.7 Å². The van der Waals surface area contributed by atoms with Gasteiger partial charge in [0.1, 0.15) is 6.10 Å². The first-order valence-electron chi connectivity index (χ1n) is 21.9. The molecule has 0 amide bonds. The van der Waals surface area contributed by atoms with Gasteiger partial charge >= 0.3 is 5.97 Å². The van der Waals surface area contributed by atoms with Crippen LogP contribution in [0.15, 0.2) is 0 Å². The third-order valence-corrected chi connectivity index (χ3v) is 9.95. The van der Waals surface area contributed by atoms with Crippen LogP contribution in [0, 0.1) is 0 Å². The van der Waals surface area contributed by atoms with E-state index < -0.39 is 0 Å². The van der Waals surface area contributed by atoms with Crippen molar-refractivity contribution in [3.63, 3.8) is 0 Å². The van der Waals surface area contributed by atoms with Gasteiger partial charge in [0.05, 0.1) is 19.8 Å². The number of aliphatic hydroxyl groups is 1. The lowest BCUT2D eigenvalue weighted by atomic mass is 10.0. The Balaban J connectivity index is 3.87. The highest BCUT2D eigenvalue weighted by molar-refractivity contribution is 5.69. The number of rotatable bonds is 42. The number of unbranched alkanes of at least 4 members (excludes halogenated alkanes) is 24. The Hall–Kier alpha value is -0.690. The minimum absolute atomic E-state index is 0.0238. The lowest BCUT2D eigenvalue weighted by Crippen LogP contribution is -2.29. The molecule has 6 heteroatoms. The quantitative estimate of drug-likeness (QED) is 0.0296. The smallest absolute Gasteiger partial charge is 0.306 e. The molecule has 0 aliphatic rings. The summed E-state index contributed by atoms with van der Waals surface area (Å²) >= 11 is 0. The Morgan fingerprint density at radius 3 is 1.27 bits per heavy atom. The fraction of sp³-hybridized carbons (Fsp3) is 0.977. The standard InChI is InChI=1S/C43H87NO5/c1-4-7-10-13-16-24-31-40-47-48-41-32-25-18-23-30-37-44(38-39-45)36-29-22-17-21-28-35-43(46)49-42(33-26-19-14-11-8-5-2)34-27-20-15-12-9-6-3/h42,45H,4-41H2,1-3H3. The summed E-state index contributed by atoms with van der Waals surface area (Å²) in [5, 5.41) is 9.53. The Labute approximate surface area is 306 Å². The lowest BCUT2D eigenvalue weighted by molar-refractivity contribution is -0.295. The van der Waals surface area contributed by atoms with Crippen LogP contribution in [0.25, 0.3) is 0 Å². The molecular weight excluding hydrogens is 610 g/mol. The first-order chi connectivity index (χ1) is 24.2. The van der Waals surface area contributed by atoms with Crippen molar-refractivity contribution >= 4 is 5.97 Å². The molecule has 6 nitrogen and oxygen atoms in total. The SMILES string of the molecule is CCCCCCCCCOOCCCCCCCN(CCO)CCCCCCCC(=O)OC(CCCCCCCC)CCCCCCCC. The second-order valence-corrected chi connectivity index (χ2v) is 14.8. The molecule has 0 aromatic rings. The van der Waals surface area contributed by atoms with Gasteiger partial charge in [-0.15, -0.1) is 0 Å². The maximum absolute atomic E-state index is 12.7. The minimum Gasteiger partial charge on any atom is -0.462 e. The summed E-state index contributed by atoms with van der Waals surface area (Å²) in [5.41, 5.74) is 0. The molecule has 1 N–H and O–H groups in total. The van der Waals surface area contributed by atoms with E-state index in [4.69, 9.17) is 14.5 Å². The fourth-order valence-electron chi connectivity index (χ4n) is 6.69. The van der Waals surface area contributed by atoms with Crippen molar-refractivity contribution in [2.75, 3.05) is 39.5 Å². The van der Waals surface area contributed by atoms with E-state index in [9.17, 15) is 9.90 Å². The third-order valence-electron chi connectivity index (χ3n) is 9.95. The molecule has 0 saturated heterocycles. The maximum Gasteiger partial charge on any atom is 0.306 e. The van der Waals surface area contributed by atoms with Gasteiger partial charge in [-0.05, 0) is 70.9 Å². The van der Waals surface area contributed by atoms with E-state index in [0.717, 1.165) is 64.8 Å². The number of esters is 1. The van der Waals surface area contributed by atoms with Crippen LogP contribution in [-0.2, 0) is 19.3 Å². The van der Waals surface area contributed by atoms with Crippen LogP contribution >= 0.6 is 0 Å². The molecule has 0 aromatic heterocycles. The highest BCUT2D eigenvalue weighted by Crippen LogP contribution is 2.18. The van der Waals surface area contributed by atoms with Gasteiger partial charge in [-0.3, -0.25) is 4.79 Å². The molecular formula is C43H87NO5. The molecule has 0 unspecified atom stereocenters. The molecule has 0 radical (unpaired) electrons. The molecule has 0 bridgehead atoms. The van der Waals surface area contributed by atoms with Gasteiger partial charge in [-0.25, -0.2) is 9.78 Å². The normalized spacial score (nSPS) is 11.7. The number of carbonyl (C=O) groups is 1. The number of ether oxygens (including phenoxy) is 1. The first kappa shape index (κ1) is 48.3. The van der Waals surface area contributed by atoms with Gasteiger partial charge in [-0.1, -0.05) is 162 Å². The Morgan fingerprint density at radius 2 is 0.837 bits per heavy atom. The zero-order valence-corrected chi connectivity index (χ0v) is 33.5. The molecule has 0 aromatic carbocycles. The number of carbonyl (C=O) groups excluding carboxylic acids is 1. The Bertz CT molecular complexity index is 617. The highest BCUT2D eigenvalue weighted by atomic mass is 17.2. The summed E-state index contributed by atoms with van der Waals surface area (Å²) in [5.74, 6) is 0.0238. The molecule has 0 saturated carbocycles. The van der Waals surface area contributed by atoms with Crippen LogP contribution in [0.2, 0.25) is 0 Å². The van der Waals surface area contributed by atoms with E-state index >= 15 is 0 Å². The van der Waals surface area contributed by atoms with E-state index in [2.05, 4.69) is 25.7 Å². The van der Waals surface area contributed by atoms with E-state index in [0.29, 0.717) is 13.0 Å². The van der Waals surface area contributed by atoms with Gasteiger partial charge in [-0.2, -0.15) is 0 Å². The fourth-order valence-corrected chi connectivity index (χ4v) is 6.69. The van der Waals surface area contributed by atoms with Crippen LogP contribution in [0.4, 0.5) is 0 Å². The third kappa shape index (κ3) is 38.4. The zero-order valence-electron chi connectivity index (χ0n) is 33.5. The van der Waals surface area contributed by atoms with Crippen molar-refractivity contribution in [3.8, 4) is 0 Å². The molecule has 49 heavy (non-hydrogen) atoms. The average Bonchev–Trinajstić information content (AvgIpc) is 3.10. The van der Waals surface area contributed by atoms with Crippen LogP contribution in [0.3, 0.4) is 0 Å². The maximum atomic E-state index is 12.7. The lowest BCUT2D eigenvalue weighted by Gasteiger charge is -2.21. The van der Waals surface area contributed by atoms with Crippen molar-refractivity contribution in [1.29, 1.82) is 0 Å². The van der Waals surface area contributed by atoms with E-state index in [-0.39, 0.29) is 18.7 Å². The summed E-state index contributed by atoms with van der Waals surface area (Å²) in [7, 11) is 0. The van der Waals surface area contributed by atoms with Gasteiger partial charge in [0.25, 0.3) is 0 Å².